The van der Waals surface area contributed by atoms with Crippen molar-refractivity contribution in [2.45, 2.75) is 234 Å². The predicted molar refractivity (Wildman–Crippen MR) is 182 cm³/mol. The SMILES string of the molecule is CCCCC(CCCC)(CCCC)CCCCCCC(=O)CCCCCCC(CCCC)(CCCC)CCCC. The van der Waals surface area contributed by atoms with E-state index in [2.05, 4.69) is 41.5 Å². The molecule has 0 aliphatic rings. The lowest BCUT2D eigenvalue weighted by Gasteiger charge is -2.35. The van der Waals surface area contributed by atoms with Crippen LogP contribution in [-0.2, 0) is 4.79 Å². The molecule has 0 spiro atoms. The van der Waals surface area contributed by atoms with Gasteiger partial charge in [0.1, 0.15) is 5.78 Å². The molecule has 0 saturated carbocycles. The Morgan fingerprint density at radius 1 is 0.325 bits per heavy atom. The molecule has 0 amide bonds. The molecule has 0 aliphatic heterocycles. The topological polar surface area (TPSA) is 17.1 Å². The normalized spacial score (nSPS) is 12.3. The van der Waals surface area contributed by atoms with E-state index in [9.17, 15) is 4.79 Å². The number of hydrogen-bond donors (Lipinski definition) is 0. The van der Waals surface area contributed by atoms with Gasteiger partial charge in [-0.25, -0.2) is 0 Å². The van der Waals surface area contributed by atoms with E-state index in [0.717, 1.165) is 25.7 Å². The average Bonchev–Trinajstić information content (AvgIpc) is 2.97. The fraction of sp³-hybridized carbons (Fsp3) is 0.974. The van der Waals surface area contributed by atoms with Crippen molar-refractivity contribution in [2.24, 2.45) is 10.8 Å². The lowest BCUT2D eigenvalue weighted by atomic mass is 9.71. The summed E-state index contributed by atoms with van der Waals surface area (Å²) in [5, 5.41) is 0. The van der Waals surface area contributed by atoms with Gasteiger partial charge >= 0.3 is 0 Å². The van der Waals surface area contributed by atoms with Crippen molar-refractivity contribution < 1.29 is 4.79 Å². The Bertz CT molecular complexity index is 445. The zero-order valence-corrected chi connectivity index (χ0v) is 29.1. The van der Waals surface area contributed by atoms with Crippen molar-refractivity contribution in [3.05, 3.63) is 0 Å². The molecule has 0 radical (unpaired) electrons. The molecule has 0 rings (SSSR count). The van der Waals surface area contributed by atoms with Gasteiger partial charge in [0.15, 0.2) is 0 Å². The van der Waals surface area contributed by atoms with Crippen LogP contribution in [-0.4, -0.2) is 5.78 Å². The highest BCUT2D eigenvalue weighted by atomic mass is 16.1. The molecule has 0 N–H and O–H groups in total. The first kappa shape index (κ1) is 39.7. The van der Waals surface area contributed by atoms with Crippen LogP contribution >= 0.6 is 0 Å². The van der Waals surface area contributed by atoms with Gasteiger partial charge in [0, 0.05) is 12.8 Å². The number of ketones is 1. The Morgan fingerprint density at radius 2 is 0.550 bits per heavy atom. The Kier molecular flexibility index (Phi) is 27.3. The molecule has 40 heavy (non-hydrogen) atoms. The molecule has 0 atom stereocenters. The Morgan fingerprint density at radius 3 is 0.800 bits per heavy atom. The monoisotopic (exact) mass is 563 g/mol. The van der Waals surface area contributed by atoms with Crippen molar-refractivity contribution in [3.8, 4) is 0 Å². The van der Waals surface area contributed by atoms with E-state index in [1.54, 1.807) is 0 Å². The number of rotatable bonds is 32. The van der Waals surface area contributed by atoms with Gasteiger partial charge in [-0.3, -0.25) is 4.79 Å². The molecule has 0 saturated heterocycles. The van der Waals surface area contributed by atoms with E-state index in [4.69, 9.17) is 0 Å². The zero-order valence-electron chi connectivity index (χ0n) is 29.1. The van der Waals surface area contributed by atoms with Crippen LogP contribution < -0.4 is 0 Å². The van der Waals surface area contributed by atoms with Crippen LogP contribution in [0.5, 0.6) is 0 Å². The van der Waals surface area contributed by atoms with Crippen LogP contribution in [0.4, 0.5) is 0 Å². The molecular formula is C39H78O. The van der Waals surface area contributed by atoms with Crippen LogP contribution in [0.25, 0.3) is 0 Å². The minimum absolute atomic E-state index is 0.534. The second-order valence-electron chi connectivity index (χ2n) is 14.0. The first-order valence-corrected chi connectivity index (χ1v) is 19.0. The first-order valence-electron chi connectivity index (χ1n) is 19.0. The molecule has 0 heterocycles. The maximum Gasteiger partial charge on any atom is 0.132 e. The van der Waals surface area contributed by atoms with Gasteiger partial charge in [0.25, 0.3) is 0 Å². The number of unbranched alkanes of at least 4 members (excludes halogenated alkanes) is 12. The molecule has 0 unspecified atom stereocenters. The van der Waals surface area contributed by atoms with Crippen molar-refractivity contribution in [3.63, 3.8) is 0 Å². The maximum absolute atomic E-state index is 12.5. The van der Waals surface area contributed by atoms with Gasteiger partial charge in [0.2, 0.25) is 0 Å². The highest BCUT2D eigenvalue weighted by Gasteiger charge is 2.28. The minimum atomic E-state index is 0.534. The summed E-state index contributed by atoms with van der Waals surface area (Å²) in [4.78, 5) is 12.5. The summed E-state index contributed by atoms with van der Waals surface area (Å²) >= 11 is 0. The van der Waals surface area contributed by atoms with Gasteiger partial charge in [0.05, 0.1) is 0 Å². The lowest BCUT2D eigenvalue weighted by molar-refractivity contribution is -0.119. The van der Waals surface area contributed by atoms with Crippen molar-refractivity contribution >= 4 is 5.78 Å². The summed E-state index contributed by atoms with van der Waals surface area (Å²) < 4.78 is 0. The van der Waals surface area contributed by atoms with E-state index in [-0.39, 0.29) is 0 Å². The number of hydrogen-bond acceptors (Lipinski definition) is 1. The Hall–Kier alpha value is -0.330. The van der Waals surface area contributed by atoms with E-state index < -0.39 is 0 Å². The quantitative estimate of drug-likeness (QED) is 0.0745. The molecule has 0 aliphatic carbocycles. The summed E-state index contributed by atoms with van der Waals surface area (Å²) in [5.41, 5.74) is 1.22. The van der Waals surface area contributed by atoms with Crippen LogP contribution in [0.3, 0.4) is 0 Å². The third-order valence-electron chi connectivity index (χ3n) is 10.2. The second kappa shape index (κ2) is 27.5. The van der Waals surface area contributed by atoms with Gasteiger partial charge < -0.3 is 0 Å². The molecule has 1 nitrogen and oxygen atoms in total. The van der Waals surface area contributed by atoms with Crippen molar-refractivity contribution in [1.82, 2.24) is 0 Å². The van der Waals surface area contributed by atoms with Crippen molar-refractivity contribution in [2.75, 3.05) is 0 Å². The highest BCUT2D eigenvalue weighted by molar-refractivity contribution is 5.78. The lowest BCUT2D eigenvalue weighted by Crippen LogP contribution is -2.21. The van der Waals surface area contributed by atoms with Gasteiger partial charge in [-0.15, -0.1) is 0 Å². The molecule has 0 bridgehead atoms. The summed E-state index contributed by atoms with van der Waals surface area (Å²) in [7, 11) is 0. The van der Waals surface area contributed by atoms with E-state index in [0.29, 0.717) is 16.6 Å². The molecule has 0 aromatic heterocycles. The molecule has 240 valence electrons. The van der Waals surface area contributed by atoms with Crippen LogP contribution in [0.15, 0.2) is 0 Å². The zero-order chi connectivity index (χ0) is 29.8. The third kappa shape index (κ3) is 20.5. The predicted octanol–water partition coefficient (Wildman–Crippen LogP) is 14.4. The van der Waals surface area contributed by atoms with E-state index >= 15 is 0 Å². The molecular weight excluding hydrogens is 484 g/mol. The fourth-order valence-corrected chi connectivity index (χ4v) is 7.29. The standard InChI is InChI=1S/C39H78O/c1-7-13-29-38(30-14-8-2,31-15-9-3)35-25-21-19-23-27-37(40)28-24-20-22-26-36-39(32-16-10-4,33-17-11-5)34-18-12-6/h7-36H2,1-6H3. The van der Waals surface area contributed by atoms with Gasteiger partial charge in [-0.1, -0.05) is 157 Å². The summed E-state index contributed by atoms with van der Waals surface area (Å²) in [6.45, 7) is 14.1. The first-order chi connectivity index (χ1) is 19.5. The number of carbonyl (C=O) groups excluding carboxylic acids is 1. The number of Topliss-reactive ketones (excluding diaryl/α,β-unsaturated/α-hetero) is 1. The smallest absolute Gasteiger partial charge is 0.132 e. The number of carbonyl (C=O) groups is 1. The largest absolute Gasteiger partial charge is 0.300 e. The Labute approximate surface area is 255 Å². The van der Waals surface area contributed by atoms with Gasteiger partial charge in [-0.05, 0) is 75.0 Å². The average molecular weight is 563 g/mol. The van der Waals surface area contributed by atoms with Crippen molar-refractivity contribution in [1.29, 1.82) is 0 Å². The molecule has 0 aromatic carbocycles. The fourth-order valence-electron chi connectivity index (χ4n) is 7.29. The van der Waals surface area contributed by atoms with Crippen LogP contribution in [0.2, 0.25) is 0 Å². The maximum atomic E-state index is 12.5. The third-order valence-corrected chi connectivity index (χ3v) is 10.2. The molecule has 0 fully saturated rings. The second-order valence-corrected chi connectivity index (χ2v) is 14.0. The van der Waals surface area contributed by atoms with Crippen LogP contribution in [0.1, 0.15) is 234 Å². The summed E-state index contributed by atoms with van der Waals surface area (Å²) in [6.07, 6.45) is 39.8. The Balaban J connectivity index is 4.25. The highest BCUT2D eigenvalue weighted by Crippen LogP contribution is 2.42. The van der Waals surface area contributed by atoms with Crippen LogP contribution in [0, 0.1) is 10.8 Å². The summed E-state index contributed by atoms with van der Waals surface area (Å²) in [6, 6.07) is 0. The minimum Gasteiger partial charge on any atom is -0.300 e. The summed E-state index contributed by atoms with van der Waals surface area (Å²) in [5.74, 6) is 0.534. The van der Waals surface area contributed by atoms with E-state index in [1.165, 1.54) is 167 Å². The molecule has 0 aromatic rings. The molecule has 1 heteroatoms. The van der Waals surface area contributed by atoms with E-state index in [1.807, 2.05) is 0 Å². The van der Waals surface area contributed by atoms with Gasteiger partial charge in [-0.2, -0.15) is 0 Å².